The van der Waals surface area contributed by atoms with Gasteiger partial charge in [-0.3, -0.25) is 0 Å². The van der Waals surface area contributed by atoms with Crippen LogP contribution in [0.1, 0.15) is 71.1 Å². The molecule has 3 aromatic rings. The summed E-state index contributed by atoms with van der Waals surface area (Å²) < 4.78 is 0. The molecule has 1 unspecified atom stereocenters. The van der Waals surface area contributed by atoms with Crippen LogP contribution in [-0.4, -0.2) is 27.1 Å². The molecule has 4 rings (SSSR count). The van der Waals surface area contributed by atoms with Crippen LogP contribution in [0.5, 0.6) is 0 Å². The fourth-order valence-corrected chi connectivity index (χ4v) is 4.53. The Morgan fingerprint density at radius 3 is 2.34 bits per heavy atom. The van der Waals surface area contributed by atoms with Crippen LogP contribution in [0.15, 0.2) is 48.5 Å². The smallest absolute Gasteiger partial charge is 0.336 e. The van der Waals surface area contributed by atoms with E-state index in [0.29, 0.717) is 22.9 Å². The third-order valence-electron chi connectivity index (χ3n) is 6.94. The van der Waals surface area contributed by atoms with Crippen molar-refractivity contribution in [3.05, 3.63) is 76.5 Å². The van der Waals surface area contributed by atoms with Crippen molar-refractivity contribution in [3.63, 3.8) is 0 Å². The monoisotopic (exact) mass is 429 g/mol. The maximum atomic E-state index is 12.4. The van der Waals surface area contributed by atoms with E-state index in [0.717, 1.165) is 35.2 Å². The van der Waals surface area contributed by atoms with E-state index in [1.807, 2.05) is 30.3 Å². The van der Waals surface area contributed by atoms with Gasteiger partial charge < -0.3 is 10.2 Å². The Kier molecular flexibility index (Phi) is 5.59. The van der Waals surface area contributed by atoms with E-state index >= 15 is 0 Å². The molecule has 2 aromatic carbocycles. The molecule has 5 nitrogen and oxygen atoms in total. The molecular formula is C27H27NO4. The van der Waals surface area contributed by atoms with Crippen LogP contribution in [0, 0.1) is 11.3 Å². The fourth-order valence-electron chi connectivity index (χ4n) is 4.53. The molecule has 0 fully saturated rings. The van der Waals surface area contributed by atoms with Gasteiger partial charge in [0.1, 0.15) is 0 Å². The predicted octanol–water partition coefficient (Wildman–Crippen LogP) is 6.17. The number of para-hydroxylation sites is 1. The van der Waals surface area contributed by atoms with E-state index in [9.17, 15) is 19.8 Å². The molecule has 32 heavy (non-hydrogen) atoms. The van der Waals surface area contributed by atoms with Crippen molar-refractivity contribution in [3.8, 4) is 0 Å². The number of aromatic carboxylic acids is 2. The third kappa shape index (κ3) is 3.91. The lowest BCUT2D eigenvalue weighted by atomic mass is 9.67. The van der Waals surface area contributed by atoms with Gasteiger partial charge in [0.15, 0.2) is 0 Å². The van der Waals surface area contributed by atoms with E-state index in [2.05, 4.69) is 20.8 Å². The lowest BCUT2D eigenvalue weighted by Crippen LogP contribution is -2.30. The molecule has 1 atom stereocenters. The summed E-state index contributed by atoms with van der Waals surface area (Å²) in [5.74, 6) is -1.62. The zero-order valence-corrected chi connectivity index (χ0v) is 18.6. The molecular weight excluding hydrogens is 402 g/mol. The summed E-state index contributed by atoms with van der Waals surface area (Å²) in [4.78, 5) is 28.5. The molecule has 164 valence electrons. The quantitative estimate of drug-likeness (QED) is 0.506. The average Bonchev–Trinajstić information content (AvgIpc) is 2.77. The van der Waals surface area contributed by atoms with E-state index in [1.54, 1.807) is 24.3 Å². The Hall–Kier alpha value is -3.47. The van der Waals surface area contributed by atoms with Crippen molar-refractivity contribution in [2.75, 3.05) is 0 Å². The Morgan fingerprint density at radius 2 is 1.72 bits per heavy atom. The summed E-state index contributed by atoms with van der Waals surface area (Å²) in [6, 6.07) is 14.1. The first-order chi connectivity index (χ1) is 15.2. The summed E-state index contributed by atoms with van der Waals surface area (Å²) in [6.45, 7) is 6.63. The van der Waals surface area contributed by atoms with Crippen LogP contribution >= 0.6 is 0 Å². The first-order valence-corrected chi connectivity index (χ1v) is 10.9. The highest BCUT2D eigenvalue weighted by atomic mass is 16.4. The number of carbonyl (C=O) groups is 2. The summed E-state index contributed by atoms with van der Waals surface area (Å²) in [6.07, 6.45) is 4.47. The van der Waals surface area contributed by atoms with Gasteiger partial charge in [0, 0.05) is 5.39 Å². The normalized spacial score (nSPS) is 17.3. The minimum Gasteiger partial charge on any atom is -0.478 e. The molecule has 0 saturated heterocycles. The van der Waals surface area contributed by atoms with Crippen LogP contribution in [0.3, 0.4) is 0 Å². The standard InChI is InChI=1S/C27H27NO4/c1-4-27(2,3)19-14-18(13-16-9-11-17(12-10-16)25(29)30)24-21(15-19)23(26(31)32)20-7-5-6-8-22(20)28-24/h5-13,19H,4,14-15H2,1-3H3,(H,29,30)(H,31,32). The lowest BCUT2D eigenvalue weighted by molar-refractivity contribution is 0.0686. The average molecular weight is 430 g/mol. The SMILES string of the molecule is CCC(C)(C)C1CC(=Cc2ccc(C(=O)O)cc2)c2nc3ccccc3c(C(=O)O)c2C1. The summed E-state index contributed by atoms with van der Waals surface area (Å²) >= 11 is 0. The molecule has 5 heteroatoms. The van der Waals surface area contributed by atoms with Crippen molar-refractivity contribution in [2.45, 2.75) is 40.0 Å². The van der Waals surface area contributed by atoms with Gasteiger partial charge in [0.2, 0.25) is 0 Å². The topological polar surface area (TPSA) is 87.5 Å². The first-order valence-electron chi connectivity index (χ1n) is 10.9. The number of benzene rings is 2. The van der Waals surface area contributed by atoms with E-state index < -0.39 is 11.9 Å². The number of carboxylic acid groups (broad SMARTS) is 2. The molecule has 1 aliphatic rings. The third-order valence-corrected chi connectivity index (χ3v) is 6.94. The molecule has 1 aliphatic carbocycles. The molecule has 0 bridgehead atoms. The molecule has 2 N–H and O–H groups in total. The minimum absolute atomic E-state index is 0.0331. The van der Waals surface area contributed by atoms with Crippen molar-refractivity contribution in [1.29, 1.82) is 0 Å². The highest BCUT2D eigenvalue weighted by molar-refractivity contribution is 6.06. The Bertz CT molecular complexity index is 1240. The van der Waals surface area contributed by atoms with Crippen LogP contribution in [0.4, 0.5) is 0 Å². The summed E-state index contributed by atoms with van der Waals surface area (Å²) in [5, 5.41) is 20.0. The minimum atomic E-state index is -0.962. The van der Waals surface area contributed by atoms with Crippen molar-refractivity contribution < 1.29 is 19.8 Å². The largest absolute Gasteiger partial charge is 0.478 e. The van der Waals surface area contributed by atoms with Gasteiger partial charge in [-0.2, -0.15) is 0 Å². The molecule has 0 spiro atoms. The van der Waals surface area contributed by atoms with Crippen LogP contribution in [0.25, 0.3) is 22.6 Å². The molecule has 1 aromatic heterocycles. The Labute approximate surface area is 187 Å². The highest BCUT2D eigenvalue weighted by Gasteiger charge is 2.36. The number of carboxylic acids is 2. The van der Waals surface area contributed by atoms with E-state index in [-0.39, 0.29) is 16.9 Å². The number of rotatable bonds is 5. The van der Waals surface area contributed by atoms with Crippen LogP contribution in [0.2, 0.25) is 0 Å². The van der Waals surface area contributed by atoms with Gasteiger partial charge in [-0.15, -0.1) is 0 Å². The number of nitrogens with zero attached hydrogens (tertiary/aromatic N) is 1. The number of pyridine rings is 1. The summed E-state index contributed by atoms with van der Waals surface area (Å²) in [5.41, 5.74) is 4.68. The lowest BCUT2D eigenvalue weighted by Gasteiger charge is -2.38. The fraction of sp³-hybridized carbons (Fsp3) is 0.296. The predicted molar refractivity (Wildman–Crippen MR) is 126 cm³/mol. The number of allylic oxidation sites excluding steroid dienone is 1. The van der Waals surface area contributed by atoms with Gasteiger partial charge in [0.25, 0.3) is 0 Å². The van der Waals surface area contributed by atoms with Gasteiger partial charge >= 0.3 is 11.9 Å². The number of hydrogen-bond acceptors (Lipinski definition) is 3. The molecule has 0 saturated carbocycles. The number of hydrogen-bond donors (Lipinski definition) is 2. The zero-order valence-electron chi connectivity index (χ0n) is 18.6. The maximum Gasteiger partial charge on any atom is 0.336 e. The number of aromatic nitrogens is 1. The van der Waals surface area contributed by atoms with Gasteiger partial charge in [-0.05, 0) is 65.1 Å². The zero-order chi connectivity index (χ0) is 23.0. The molecule has 0 aliphatic heterocycles. The van der Waals surface area contributed by atoms with E-state index in [4.69, 9.17) is 4.98 Å². The van der Waals surface area contributed by atoms with E-state index in [1.165, 1.54) is 0 Å². The summed E-state index contributed by atoms with van der Waals surface area (Å²) in [7, 11) is 0. The molecule has 1 heterocycles. The highest BCUT2D eigenvalue weighted by Crippen LogP contribution is 2.46. The second-order valence-electron chi connectivity index (χ2n) is 9.18. The van der Waals surface area contributed by atoms with Gasteiger partial charge in [-0.1, -0.05) is 57.5 Å². The maximum absolute atomic E-state index is 12.4. The van der Waals surface area contributed by atoms with Crippen LogP contribution in [-0.2, 0) is 6.42 Å². The van der Waals surface area contributed by atoms with Crippen molar-refractivity contribution in [2.24, 2.45) is 11.3 Å². The van der Waals surface area contributed by atoms with Gasteiger partial charge in [0.05, 0.1) is 22.3 Å². The number of fused-ring (bicyclic) bond motifs is 2. The molecule has 0 amide bonds. The molecule has 0 radical (unpaired) electrons. The Balaban J connectivity index is 1.94. The van der Waals surface area contributed by atoms with Crippen molar-refractivity contribution >= 4 is 34.5 Å². The second kappa shape index (κ2) is 8.23. The van der Waals surface area contributed by atoms with Crippen molar-refractivity contribution in [1.82, 2.24) is 4.98 Å². The van der Waals surface area contributed by atoms with Gasteiger partial charge in [-0.25, -0.2) is 14.6 Å². The van der Waals surface area contributed by atoms with Crippen LogP contribution < -0.4 is 0 Å². The second-order valence-corrected chi connectivity index (χ2v) is 9.18. The Morgan fingerprint density at radius 1 is 1.03 bits per heavy atom. The first kappa shape index (κ1) is 21.8.